The van der Waals surface area contributed by atoms with Gasteiger partial charge in [-0.1, -0.05) is 0 Å². The second-order valence-corrected chi connectivity index (χ2v) is 6.14. The SMILES string of the molecule is COc1c(Br)cc(CNC(C)(C)C(N)=O)cc1Br. The Balaban J connectivity index is 2.84. The first kappa shape index (κ1) is 15.5. The lowest BCUT2D eigenvalue weighted by molar-refractivity contribution is -0.123. The number of primary amides is 1. The van der Waals surface area contributed by atoms with Crippen molar-refractivity contribution in [1.82, 2.24) is 5.32 Å². The minimum Gasteiger partial charge on any atom is -0.494 e. The molecule has 0 bridgehead atoms. The van der Waals surface area contributed by atoms with E-state index in [1.807, 2.05) is 12.1 Å². The van der Waals surface area contributed by atoms with E-state index in [1.54, 1.807) is 21.0 Å². The molecule has 6 heteroatoms. The Kier molecular flexibility index (Phi) is 5.19. The highest BCUT2D eigenvalue weighted by molar-refractivity contribution is 9.11. The van der Waals surface area contributed by atoms with Gasteiger partial charge in [0.05, 0.1) is 21.6 Å². The summed E-state index contributed by atoms with van der Waals surface area (Å²) in [4.78, 5) is 11.2. The second kappa shape index (κ2) is 6.04. The molecular weight excluding hydrogens is 364 g/mol. The Labute approximate surface area is 124 Å². The summed E-state index contributed by atoms with van der Waals surface area (Å²) < 4.78 is 6.94. The molecule has 0 aliphatic carbocycles. The predicted octanol–water partition coefficient (Wildman–Crippen LogP) is 2.57. The van der Waals surface area contributed by atoms with E-state index in [-0.39, 0.29) is 5.91 Å². The van der Waals surface area contributed by atoms with Gasteiger partial charge in [-0.2, -0.15) is 0 Å². The van der Waals surface area contributed by atoms with Crippen LogP contribution in [0.1, 0.15) is 19.4 Å². The molecule has 4 nitrogen and oxygen atoms in total. The maximum absolute atomic E-state index is 11.2. The zero-order chi connectivity index (χ0) is 13.9. The summed E-state index contributed by atoms with van der Waals surface area (Å²) in [5.41, 5.74) is 5.58. The number of hydrogen-bond acceptors (Lipinski definition) is 3. The van der Waals surface area contributed by atoms with Crippen molar-refractivity contribution in [3.05, 3.63) is 26.6 Å². The van der Waals surface area contributed by atoms with E-state index in [9.17, 15) is 4.79 Å². The fourth-order valence-electron chi connectivity index (χ4n) is 1.32. The largest absolute Gasteiger partial charge is 0.494 e. The first-order chi connectivity index (χ1) is 8.27. The molecule has 1 amide bonds. The number of halogens is 2. The van der Waals surface area contributed by atoms with Crippen LogP contribution in [0.3, 0.4) is 0 Å². The van der Waals surface area contributed by atoms with Crippen molar-refractivity contribution in [2.24, 2.45) is 5.73 Å². The smallest absolute Gasteiger partial charge is 0.237 e. The van der Waals surface area contributed by atoms with Crippen LogP contribution in [0.4, 0.5) is 0 Å². The van der Waals surface area contributed by atoms with Crippen molar-refractivity contribution < 1.29 is 9.53 Å². The van der Waals surface area contributed by atoms with Gasteiger partial charge in [0.1, 0.15) is 5.75 Å². The molecule has 0 spiro atoms. The lowest BCUT2D eigenvalue weighted by Crippen LogP contribution is -2.50. The first-order valence-electron chi connectivity index (χ1n) is 5.34. The quantitative estimate of drug-likeness (QED) is 0.826. The van der Waals surface area contributed by atoms with Gasteiger partial charge in [0.25, 0.3) is 0 Å². The number of methoxy groups -OCH3 is 1. The van der Waals surface area contributed by atoms with Crippen LogP contribution in [-0.2, 0) is 11.3 Å². The molecule has 0 atom stereocenters. The minimum atomic E-state index is -0.737. The van der Waals surface area contributed by atoms with Gasteiger partial charge in [-0.3, -0.25) is 10.1 Å². The van der Waals surface area contributed by atoms with Crippen LogP contribution in [0.15, 0.2) is 21.1 Å². The molecule has 1 aromatic carbocycles. The van der Waals surface area contributed by atoms with Crippen LogP contribution in [0.2, 0.25) is 0 Å². The molecule has 0 fully saturated rings. The Bertz CT molecular complexity index is 438. The number of benzene rings is 1. The summed E-state index contributed by atoms with van der Waals surface area (Å²) >= 11 is 6.87. The summed E-state index contributed by atoms with van der Waals surface area (Å²) in [5, 5.41) is 3.11. The molecule has 0 saturated carbocycles. The molecule has 0 aromatic heterocycles. The van der Waals surface area contributed by atoms with Crippen molar-refractivity contribution >= 4 is 37.8 Å². The van der Waals surface area contributed by atoms with Crippen molar-refractivity contribution in [3.63, 3.8) is 0 Å². The van der Waals surface area contributed by atoms with E-state index in [2.05, 4.69) is 37.2 Å². The average Bonchev–Trinajstić information content (AvgIpc) is 2.26. The molecule has 0 aliphatic rings. The Morgan fingerprint density at radius 1 is 1.39 bits per heavy atom. The number of nitrogens with two attached hydrogens (primary N) is 1. The molecule has 0 aliphatic heterocycles. The van der Waals surface area contributed by atoms with Gasteiger partial charge in [0.15, 0.2) is 0 Å². The number of nitrogens with one attached hydrogen (secondary N) is 1. The van der Waals surface area contributed by atoms with Gasteiger partial charge in [0.2, 0.25) is 5.91 Å². The van der Waals surface area contributed by atoms with E-state index in [0.29, 0.717) is 6.54 Å². The van der Waals surface area contributed by atoms with Gasteiger partial charge < -0.3 is 10.5 Å². The number of carbonyl (C=O) groups is 1. The predicted molar refractivity (Wildman–Crippen MR) is 78.5 cm³/mol. The maximum Gasteiger partial charge on any atom is 0.237 e. The summed E-state index contributed by atoms with van der Waals surface area (Å²) in [6, 6.07) is 3.88. The van der Waals surface area contributed by atoms with E-state index >= 15 is 0 Å². The van der Waals surface area contributed by atoms with Gasteiger partial charge >= 0.3 is 0 Å². The Morgan fingerprint density at radius 3 is 2.28 bits per heavy atom. The molecule has 0 heterocycles. The molecule has 0 radical (unpaired) electrons. The van der Waals surface area contributed by atoms with Crippen molar-refractivity contribution in [2.75, 3.05) is 7.11 Å². The fourth-order valence-corrected chi connectivity index (χ4v) is 2.92. The molecule has 18 heavy (non-hydrogen) atoms. The second-order valence-electron chi connectivity index (χ2n) is 4.44. The normalized spacial score (nSPS) is 11.4. The van der Waals surface area contributed by atoms with Crippen molar-refractivity contribution in [3.8, 4) is 5.75 Å². The number of ether oxygens (including phenoxy) is 1. The lowest BCUT2D eigenvalue weighted by atomic mass is 10.0. The third kappa shape index (κ3) is 3.70. The summed E-state index contributed by atoms with van der Waals surface area (Å²) in [6.07, 6.45) is 0. The third-order valence-corrected chi connectivity index (χ3v) is 3.79. The van der Waals surface area contributed by atoms with Crippen LogP contribution in [0.5, 0.6) is 5.75 Å². The van der Waals surface area contributed by atoms with Crippen LogP contribution < -0.4 is 15.8 Å². The third-order valence-electron chi connectivity index (χ3n) is 2.61. The van der Waals surface area contributed by atoms with Gasteiger partial charge in [-0.25, -0.2) is 0 Å². The first-order valence-corrected chi connectivity index (χ1v) is 6.93. The van der Waals surface area contributed by atoms with Crippen LogP contribution in [-0.4, -0.2) is 18.6 Å². The van der Waals surface area contributed by atoms with Crippen LogP contribution in [0, 0.1) is 0 Å². The van der Waals surface area contributed by atoms with Crippen LogP contribution >= 0.6 is 31.9 Å². The van der Waals surface area contributed by atoms with E-state index in [1.165, 1.54) is 0 Å². The van der Waals surface area contributed by atoms with E-state index in [0.717, 1.165) is 20.3 Å². The van der Waals surface area contributed by atoms with Crippen molar-refractivity contribution in [2.45, 2.75) is 25.9 Å². The lowest BCUT2D eigenvalue weighted by Gasteiger charge is -2.22. The Morgan fingerprint density at radius 2 is 1.89 bits per heavy atom. The van der Waals surface area contributed by atoms with Gasteiger partial charge in [0, 0.05) is 6.54 Å². The highest BCUT2D eigenvalue weighted by Crippen LogP contribution is 2.34. The molecule has 0 saturated heterocycles. The monoisotopic (exact) mass is 378 g/mol. The zero-order valence-corrected chi connectivity index (χ0v) is 13.7. The highest BCUT2D eigenvalue weighted by atomic mass is 79.9. The van der Waals surface area contributed by atoms with Crippen LogP contribution in [0.25, 0.3) is 0 Å². The molecular formula is C12H16Br2N2O2. The summed E-state index contributed by atoms with van der Waals surface area (Å²) in [5.74, 6) is 0.363. The molecule has 1 rings (SSSR count). The summed E-state index contributed by atoms with van der Waals surface area (Å²) in [6.45, 7) is 4.04. The fraction of sp³-hybridized carbons (Fsp3) is 0.417. The van der Waals surface area contributed by atoms with Crippen molar-refractivity contribution in [1.29, 1.82) is 0 Å². The average molecular weight is 380 g/mol. The zero-order valence-electron chi connectivity index (χ0n) is 10.5. The van der Waals surface area contributed by atoms with Gasteiger partial charge in [-0.05, 0) is 63.4 Å². The Hall–Kier alpha value is -0.590. The number of hydrogen-bond donors (Lipinski definition) is 2. The summed E-state index contributed by atoms with van der Waals surface area (Å²) in [7, 11) is 1.61. The number of rotatable bonds is 5. The topological polar surface area (TPSA) is 64.3 Å². The van der Waals surface area contributed by atoms with Gasteiger partial charge in [-0.15, -0.1) is 0 Å². The number of amides is 1. The van der Waals surface area contributed by atoms with E-state index < -0.39 is 5.54 Å². The molecule has 0 unspecified atom stereocenters. The maximum atomic E-state index is 11.2. The molecule has 3 N–H and O–H groups in total. The molecule has 100 valence electrons. The number of carbonyl (C=O) groups excluding carboxylic acids is 1. The van der Waals surface area contributed by atoms with E-state index in [4.69, 9.17) is 10.5 Å². The standard InChI is InChI=1S/C12H16Br2N2O2/c1-12(2,11(15)17)16-6-7-4-8(13)10(18-3)9(14)5-7/h4-5,16H,6H2,1-3H3,(H2,15,17). The molecule has 1 aromatic rings. The highest BCUT2D eigenvalue weighted by Gasteiger charge is 2.23. The minimum absolute atomic E-state index is 0.380.